The van der Waals surface area contributed by atoms with Gasteiger partial charge in [-0.15, -0.1) is 13.2 Å². The molecule has 0 saturated carbocycles. The van der Waals surface area contributed by atoms with Gasteiger partial charge in [0.15, 0.2) is 11.6 Å². The SMILES string of the molecule is O=C(Cl)c1cccc(F)c1OC(F)(F)F. The predicted molar refractivity (Wildman–Crippen MR) is 43.3 cm³/mol. The third-order valence-electron chi connectivity index (χ3n) is 1.40. The van der Waals surface area contributed by atoms with Crippen LogP contribution in [0.15, 0.2) is 18.2 Å². The van der Waals surface area contributed by atoms with E-state index >= 15 is 0 Å². The monoisotopic (exact) mass is 242 g/mol. The number of carbonyl (C=O) groups excluding carboxylic acids is 1. The lowest BCUT2D eigenvalue weighted by Gasteiger charge is -2.11. The molecule has 0 aliphatic rings. The zero-order chi connectivity index (χ0) is 11.6. The van der Waals surface area contributed by atoms with Crippen LogP contribution in [-0.2, 0) is 0 Å². The van der Waals surface area contributed by atoms with E-state index in [1.165, 1.54) is 0 Å². The Kier molecular flexibility index (Phi) is 3.18. The molecule has 0 fully saturated rings. The first-order valence-corrected chi connectivity index (χ1v) is 3.93. The first kappa shape index (κ1) is 11.8. The molecule has 0 atom stereocenters. The quantitative estimate of drug-likeness (QED) is 0.588. The Morgan fingerprint density at radius 2 is 1.93 bits per heavy atom. The highest BCUT2D eigenvalue weighted by molar-refractivity contribution is 6.68. The summed E-state index contributed by atoms with van der Waals surface area (Å²) in [6.07, 6.45) is -5.08. The summed E-state index contributed by atoms with van der Waals surface area (Å²) in [4.78, 5) is 10.7. The lowest BCUT2D eigenvalue weighted by molar-refractivity contribution is -0.275. The highest BCUT2D eigenvalue weighted by atomic mass is 35.5. The number of alkyl halides is 3. The van der Waals surface area contributed by atoms with Gasteiger partial charge >= 0.3 is 6.36 Å². The van der Waals surface area contributed by atoms with Crippen molar-refractivity contribution >= 4 is 16.8 Å². The van der Waals surface area contributed by atoms with E-state index in [4.69, 9.17) is 11.6 Å². The molecule has 1 aromatic carbocycles. The maximum Gasteiger partial charge on any atom is 0.573 e. The molecule has 1 aromatic rings. The summed E-state index contributed by atoms with van der Waals surface area (Å²) >= 11 is 4.96. The molecule has 0 saturated heterocycles. The lowest BCUT2D eigenvalue weighted by Crippen LogP contribution is -2.19. The maximum absolute atomic E-state index is 12.9. The van der Waals surface area contributed by atoms with Gasteiger partial charge in [0.1, 0.15) is 0 Å². The van der Waals surface area contributed by atoms with Crippen LogP contribution in [0.2, 0.25) is 0 Å². The lowest BCUT2D eigenvalue weighted by atomic mass is 10.2. The van der Waals surface area contributed by atoms with Crippen molar-refractivity contribution < 1.29 is 27.1 Å². The number of carbonyl (C=O) groups is 1. The van der Waals surface area contributed by atoms with E-state index in [0.717, 1.165) is 18.2 Å². The summed E-state index contributed by atoms with van der Waals surface area (Å²) in [6.45, 7) is 0. The zero-order valence-corrected chi connectivity index (χ0v) is 7.69. The number of benzene rings is 1. The average Bonchev–Trinajstić information content (AvgIpc) is 2.05. The summed E-state index contributed by atoms with van der Waals surface area (Å²) < 4.78 is 51.7. The van der Waals surface area contributed by atoms with Gasteiger partial charge in [-0.2, -0.15) is 0 Å². The van der Waals surface area contributed by atoms with Crippen LogP contribution in [0, 0.1) is 5.82 Å². The Morgan fingerprint density at radius 1 is 1.33 bits per heavy atom. The smallest absolute Gasteiger partial charge is 0.402 e. The van der Waals surface area contributed by atoms with Gasteiger partial charge in [0, 0.05) is 0 Å². The number of ether oxygens (including phenoxy) is 1. The molecule has 0 aliphatic heterocycles. The molecule has 0 amide bonds. The molecule has 15 heavy (non-hydrogen) atoms. The maximum atomic E-state index is 12.9. The number of hydrogen-bond acceptors (Lipinski definition) is 2. The fraction of sp³-hybridized carbons (Fsp3) is 0.125. The third-order valence-corrected chi connectivity index (χ3v) is 1.60. The highest BCUT2D eigenvalue weighted by Gasteiger charge is 2.34. The summed E-state index contributed by atoms with van der Waals surface area (Å²) in [5.41, 5.74) is -0.672. The van der Waals surface area contributed by atoms with Gasteiger partial charge in [-0.05, 0) is 23.7 Å². The van der Waals surface area contributed by atoms with Crippen LogP contribution in [0.1, 0.15) is 10.4 Å². The van der Waals surface area contributed by atoms with Crippen LogP contribution >= 0.6 is 11.6 Å². The summed E-state index contributed by atoms with van der Waals surface area (Å²) in [5, 5.41) is -1.23. The van der Waals surface area contributed by atoms with Gasteiger partial charge in [0.25, 0.3) is 5.24 Å². The Hall–Kier alpha value is -1.30. The third kappa shape index (κ3) is 3.09. The van der Waals surface area contributed by atoms with Crippen molar-refractivity contribution in [2.24, 2.45) is 0 Å². The molecule has 0 aliphatic carbocycles. The largest absolute Gasteiger partial charge is 0.573 e. The summed E-state index contributed by atoms with van der Waals surface area (Å²) in [7, 11) is 0. The van der Waals surface area contributed by atoms with Crippen LogP contribution in [0.4, 0.5) is 17.6 Å². The Labute approximate surface area is 86.4 Å². The molecule has 0 spiro atoms. The molecule has 0 bridgehead atoms. The number of hydrogen-bond donors (Lipinski definition) is 0. The van der Waals surface area contributed by atoms with Crippen LogP contribution in [0.5, 0.6) is 5.75 Å². The minimum Gasteiger partial charge on any atom is -0.402 e. The van der Waals surface area contributed by atoms with E-state index < -0.39 is 28.7 Å². The number of halogens is 5. The van der Waals surface area contributed by atoms with Crippen molar-refractivity contribution in [3.63, 3.8) is 0 Å². The van der Waals surface area contributed by atoms with E-state index in [1.807, 2.05) is 0 Å². The van der Waals surface area contributed by atoms with Crippen molar-refractivity contribution in [1.29, 1.82) is 0 Å². The number of para-hydroxylation sites is 1. The molecule has 1 rings (SSSR count). The summed E-state index contributed by atoms with van der Waals surface area (Å²) in [5.74, 6) is -2.52. The van der Waals surface area contributed by atoms with Gasteiger partial charge < -0.3 is 4.74 Å². The molecular weight excluding hydrogens is 240 g/mol. The van der Waals surface area contributed by atoms with Crippen molar-refractivity contribution in [1.82, 2.24) is 0 Å². The molecular formula is C8H3ClF4O2. The molecule has 0 N–H and O–H groups in total. The molecule has 0 radical (unpaired) electrons. The van der Waals surface area contributed by atoms with Crippen LogP contribution in [-0.4, -0.2) is 11.6 Å². The first-order valence-electron chi connectivity index (χ1n) is 3.55. The minimum atomic E-state index is -5.08. The average molecular weight is 243 g/mol. The summed E-state index contributed by atoms with van der Waals surface area (Å²) in [6, 6.07) is 2.71. The molecule has 0 heterocycles. The van der Waals surface area contributed by atoms with Crippen LogP contribution < -0.4 is 4.74 Å². The van der Waals surface area contributed by atoms with E-state index in [9.17, 15) is 22.4 Å². The highest BCUT2D eigenvalue weighted by Crippen LogP contribution is 2.29. The topological polar surface area (TPSA) is 26.3 Å². The van der Waals surface area contributed by atoms with Crippen molar-refractivity contribution in [2.45, 2.75) is 6.36 Å². The Balaban J connectivity index is 3.19. The van der Waals surface area contributed by atoms with Gasteiger partial charge in [0.05, 0.1) is 5.56 Å². The molecule has 2 nitrogen and oxygen atoms in total. The molecule has 82 valence electrons. The Morgan fingerprint density at radius 3 is 2.40 bits per heavy atom. The van der Waals surface area contributed by atoms with Gasteiger partial charge in [0.2, 0.25) is 0 Å². The second kappa shape index (κ2) is 4.06. The van der Waals surface area contributed by atoms with E-state index in [-0.39, 0.29) is 0 Å². The zero-order valence-electron chi connectivity index (χ0n) is 6.94. The number of rotatable bonds is 2. The first-order chi connectivity index (χ1) is 6.81. The minimum absolute atomic E-state index is 0.672. The second-order valence-corrected chi connectivity index (χ2v) is 2.78. The van der Waals surface area contributed by atoms with E-state index in [2.05, 4.69) is 4.74 Å². The second-order valence-electron chi connectivity index (χ2n) is 2.44. The van der Waals surface area contributed by atoms with Crippen molar-refractivity contribution in [3.05, 3.63) is 29.6 Å². The fourth-order valence-corrected chi connectivity index (χ4v) is 1.03. The van der Waals surface area contributed by atoms with E-state index in [1.54, 1.807) is 0 Å². The Bertz CT molecular complexity index is 389. The fourth-order valence-electron chi connectivity index (χ4n) is 0.883. The van der Waals surface area contributed by atoms with Gasteiger partial charge in [-0.25, -0.2) is 4.39 Å². The molecule has 0 aromatic heterocycles. The standard InChI is InChI=1S/C8H3ClF4O2/c9-7(14)4-2-1-3-5(10)6(4)15-8(11,12)13/h1-3H. The predicted octanol–water partition coefficient (Wildman–Crippen LogP) is 3.10. The van der Waals surface area contributed by atoms with Gasteiger partial charge in [-0.3, -0.25) is 4.79 Å². The van der Waals surface area contributed by atoms with Crippen LogP contribution in [0.25, 0.3) is 0 Å². The molecule has 0 unspecified atom stereocenters. The molecule has 7 heteroatoms. The van der Waals surface area contributed by atoms with Crippen LogP contribution in [0.3, 0.4) is 0 Å². The van der Waals surface area contributed by atoms with Gasteiger partial charge in [-0.1, -0.05) is 6.07 Å². The normalized spacial score (nSPS) is 11.3. The van der Waals surface area contributed by atoms with Crippen molar-refractivity contribution in [3.8, 4) is 5.75 Å². The van der Waals surface area contributed by atoms with Crippen molar-refractivity contribution in [2.75, 3.05) is 0 Å². The van der Waals surface area contributed by atoms with E-state index in [0.29, 0.717) is 0 Å².